The van der Waals surface area contributed by atoms with E-state index >= 15 is 0 Å². The van der Waals surface area contributed by atoms with Gasteiger partial charge in [0.25, 0.3) is 0 Å². The molecular formula is C52H100O6. The van der Waals surface area contributed by atoms with Crippen LogP contribution in [0.5, 0.6) is 0 Å². The maximum absolute atomic E-state index is 12.7. The highest BCUT2D eigenvalue weighted by atomic mass is 16.6. The third-order valence-corrected chi connectivity index (χ3v) is 12.2. The van der Waals surface area contributed by atoms with Crippen molar-refractivity contribution in [1.82, 2.24) is 0 Å². The highest BCUT2D eigenvalue weighted by Gasteiger charge is 2.19. The molecule has 0 spiro atoms. The van der Waals surface area contributed by atoms with Crippen molar-refractivity contribution in [3.8, 4) is 0 Å². The third-order valence-electron chi connectivity index (χ3n) is 12.2. The van der Waals surface area contributed by atoms with Crippen molar-refractivity contribution in [1.29, 1.82) is 0 Å². The van der Waals surface area contributed by atoms with E-state index in [1.807, 2.05) is 0 Å². The van der Waals surface area contributed by atoms with Gasteiger partial charge in [-0.3, -0.25) is 14.4 Å². The first kappa shape index (κ1) is 56.4. The molecule has 0 aliphatic rings. The van der Waals surface area contributed by atoms with Gasteiger partial charge in [0.2, 0.25) is 0 Å². The third kappa shape index (κ3) is 44.0. The van der Waals surface area contributed by atoms with Crippen LogP contribution in [0.3, 0.4) is 0 Å². The number of hydrogen-bond acceptors (Lipinski definition) is 6. The molecule has 0 aromatic rings. The van der Waals surface area contributed by atoms with Gasteiger partial charge in [-0.15, -0.1) is 0 Å². The van der Waals surface area contributed by atoms with Crippen LogP contribution in [0.25, 0.3) is 0 Å². The first-order valence-corrected chi connectivity index (χ1v) is 25.9. The highest BCUT2D eigenvalue weighted by molar-refractivity contribution is 5.71. The Hall–Kier alpha value is -1.59. The lowest BCUT2D eigenvalue weighted by Crippen LogP contribution is -2.30. The molecule has 0 aliphatic heterocycles. The predicted octanol–water partition coefficient (Wildman–Crippen LogP) is 16.7. The molecule has 6 heteroatoms. The van der Waals surface area contributed by atoms with E-state index in [1.54, 1.807) is 0 Å². The summed E-state index contributed by atoms with van der Waals surface area (Å²) in [5.74, 6) is 0.00111. The molecule has 0 saturated carbocycles. The van der Waals surface area contributed by atoms with Gasteiger partial charge in [0.1, 0.15) is 13.2 Å². The molecule has 0 N–H and O–H groups in total. The van der Waals surface area contributed by atoms with E-state index in [0.29, 0.717) is 19.3 Å². The van der Waals surface area contributed by atoms with Crippen molar-refractivity contribution in [3.63, 3.8) is 0 Å². The number of unbranched alkanes of at least 4 members (excludes halogenated alkanes) is 33. The van der Waals surface area contributed by atoms with E-state index in [2.05, 4.69) is 27.7 Å². The fourth-order valence-corrected chi connectivity index (χ4v) is 7.83. The molecule has 2 atom stereocenters. The van der Waals surface area contributed by atoms with Gasteiger partial charge in [-0.1, -0.05) is 252 Å². The Balaban J connectivity index is 4.27. The zero-order valence-corrected chi connectivity index (χ0v) is 39.5. The quantitative estimate of drug-likeness (QED) is 0.0346. The summed E-state index contributed by atoms with van der Waals surface area (Å²) in [6.45, 7) is 9.02. The van der Waals surface area contributed by atoms with E-state index in [1.165, 1.54) is 186 Å². The first-order valence-electron chi connectivity index (χ1n) is 25.9. The largest absolute Gasteiger partial charge is 0.462 e. The number of ether oxygens (including phenoxy) is 3. The Morgan fingerprint density at radius 3 is 0.897 bits per heavy atom. The average molecular weight is 821 g/mol. The highest BCUT2D eigenvalue weighted by Crippen LogP contribution is 2.17. The normalized spacial score (nSPS) is 12.4. The maximum Gasteiger partial charge on any atom is 0.306 e. The summed E-state index contributed by atoms with van der Waals surface area (Å²) in [5, 5.41) is 0. The Bertz CT molecular complexity index is 874. The van der Waals surface area contributed by atoms with Gasteiger partial charge in [-0.2, -0.15) is 0 Å². The molecule has 0 amide bonds. The van der Waals surface area contributed by atoms with Gasteiger partial charge in [0.05, 0.1) is 0 Å². The van der Waals surface area contributed by atoms with Crippen LogP contribution in [-0.2, 0) is 28.6 Å². The van der Waals surface area contributed by atoms with Gasteiger partial charge in [0, 0.05) is 19.3 Å². The fraction of sp³-hybridized carbons (Fsp3) is 0.942. The topological polar surface area (TPSA) is 78.9 Å². The van der Waals surface area contributed by atoms with Crippen molar-refractivity contribution >= 4 is 17.9 Å². The van der Waals surface area contributed by atoms with Gasteiger partial charge < -0.3 is 14.2 Å². The standard InChI is InChI=1S/C52H100O6/c1-5-8-10-12-14-16-18-19-20-21-22-23-25-26-31-35-39-43-50(53)56-46-49(58-52(55)45-41-37-33-27-24-17-15-13-11-9-6-2)47-57-51(54)44-40-36-32-29-28-30-34-38-42-48(4)7-3/h48-49H,5-47H2,1-4H3/t48?,49-/m0/s1. The summed E-state index contributed by atoms with van der Waals surface area (Å²) in [6.07, 6.45) is 48.0. The number of rotatable bonds is 47. The van der Waals surface area contributed by atoms with E-state index in [9.17, 15) is 14.4 Å². The summed E-state index contributed by atoms with van der Waals surface area (Å²) in [5.41, 5.74) is 0. The van der Waals surface area contributed by atoms with Crippen LogP contribution in [0, 0.1) is 5.92 Å². The molecule has 0 aliphatic carbocycles. The van der Waals surface area contributed by atoms with Crippen molar-refractivity contribution in [2.75, 3.05) is 13.2 Å². The SMILES string of the molecule is CCCCCCCCCCCCCCCCCCCC(=O)OC[C@@H](COC(=O)CCCCCCCCCCC(C)CC)OC(=O)CCCCCCCCCCCCC. The lowest BCUT2D eigenvalue weighted by Gasteiger charge is -2.18. The van der Waals surface area contributed by atoms with Crippen molar-refractivity contribution in [2.45, 2.75) is 297 Å². The first-order chi connectivity index (χ1) is 28.4. The lowest BCUT2D eigenvalue weighted by molar-refractivity contribution is -0.167. The molecule has 0 fully saturated rings. The molecule has 0 radical (unpaired) electrons. The molecule has 0 rings (SSSR count). The smallest absolute Gasteiger partial charge is 0.306 e. The van der Waals surface area contributed by atoms with Gasteiger partial charge in [0.15, 0.2) is 6.10 Å². The number of carbonyl (C=O) groups is 3. The lowest BCUT2D eigenvalue weighted by atomic mass is 9.99. The summed E-state index contributed by atoms with van der Waals surface area (Å²) in [4.78, 5) is 37.9. The van der Waals surface area contributed by atoms with E-state index in [-0.39, 0.29) is 31.1 Å². The van der Waals surface area contributed by atoms with Gasteiger partial charge >= 0.3 is 17.9 Å². The molecular weight excluding hydrogens is 721 g/mol. The Kier molecular flexibility index (Phi) is 45.2. The predicted molar refractivity (Wildman–Crippen MR) is 247 cm³/mol. The summed E-state index contributed by atoms with van der Waals surface area (Å²) in [7, 11) is 0. The Morgan fingerprint density at radius 1 is 0.345 bits per heavy atom. The minimum Gasteiger partial charge on any atom is -0.462 e. The van der Waals surface area contributed by atoms with E-state index in [0.717, 1.165) is 63.7 Å². The van der Waals surface area contributed by atoms with Crippen LogP contribution in [0.1, 0.15) is 291 Å². The molecule has 58 heavy (non-hydrogen) atoms. The molecule has 0 bridgehead atoms. The molecule has 6 nitrogen and oxygen atoms in total. The molecule has 344 valence electrons. The van der Waals surface area contributed by atoms with Crippen molar-refractivity contribution < 1.29 is 28.6 Å². The summed E-state index contributed by atoms with van der Waals surface area (Å²) >= 11 is 0. The monoisotopic (exact) mass is 821 g/mol. The van der Waals surface area contributed by atoms with Gasteiger partial charge in [-0.05, 0) is 25.2 Å². The maximum atomic E-state index is 12.7. The van der Waals surface area contributed by atoms with Crippen LogP contribution in [0.2, 0.25) is 0 Å². The van der Waals surface area contributed by atoms with Crippen LogP contribution >= 0.6 is 0 Å². The van der Waals surface area contributed by atoms with Crippen LogP contribution < -0.4 is 0 Å². The fourth-order valence-electron chi connectivity index (χ4n) is 7.83. The van der Waals surface area contributed by atoms with Crippen LogP contribution in [-0.4, -0.2) is 37.2 Å². The minimum absolute atomic E-state index is 0.0631. The second-order valence-electron chi connectivity index (χ2n) is 18.1. The van der Waals surface area contributed by atoms with Crippen LogP contribution in [0.15, 0.2) is 0 Å². The zero-order valence-electron chi connectivity index (χ0n) is 39.5. The Labute approximate surface area is 361 Å². The number of carbonyl (C=O) groups excluding carboxylic acids is 3. The van der Waals surface area contributed by atoms with Crippen LogP contribution in [0.4, 0.5) is 0 Å². The summed E-state index contributed by atoms with van der Waals surface area (Å²) < 4.78 is 16.8. The average Bonchev–Trinajstić information content (AvgIpc) is 3.22. The second-order valence-corrected chi connectivity index (χ2v) is 18.1. The zero-order chi connectivity index (χ0) is 42.4. The molecule has 0 aromatic heterocycles. The molecule has 0 heterocycles. The molecule has 1 unspecified atom stereocenters. The summed E-state index contributed by atoms with van der Waals surface area (Å²) in [6, 6.07) is 0. The van der Waals surface area contributed by atoms with E-state index < -0.39 is 6.10 Å². The van der Waals surface area contributed by atoms with E-state index in [4.69, 9.17) is 14.2 Å². The molecule has 0 saturated heterocycles. The number of hydrogen-bond donors (Lipinski definition) is 0. The van der Waals surface area contributed by atoms with Crippen molar-refractivity contribution in [3.05, 3.63) is 0 Å². The minimum atomic E-state index is -0.760. The second kappa shape index (κ2) is 46.5. The Morgan fingerprint density at radius 2 is 0.603 bits per heavy atom. The van der Waals surface area contributed by atoms with Gasteiger partial charge in [-0.25, -0.2) is 0 Å². The van der Waals surface area contributed by atoms with Crippen molar-refractivity contribution in [2.24, 2.45) is 5.92 Å². The molecule has 0 aromatic carbocycles. The number of esters is 3.